The van der Waals surface area contributed by atoms with E-state index in [1.54, 1.807) is 22.9 Å². The lowest BCUT2D eigenvalue weighted by molar-refractivity contribution is -0.140. The molecule has 10 heteroatoms. The van der Waals surface area contributed by atoms with Gasteiger partial charge in [0.05, 0.1) is 5.69 Å². The van der Waals surface area contributed by atoms with Gasteiger partial charge >= 0.3 is 5.97 Å². The quantitative estimate of drug-likeness (QED) is 0.490. The topological polar surface area (TPSA) is 87.5 Å². The molecule has 0 amide bonds. The number of carboxylic acid groups (broad SMARTS) is 1. The van der Waals surface area contributed by atoms with E-state index in [4.69, 9.17) is 16.7 Å². The van der Waals surface area contributed by atoms with Crippen molar-refractivity contribution in [1.29, 1.82) is 0 Å². The fourth-order valence-electron chi connectivity index (χ4n) is 3.18. The Bertz CT molecular complexity index is 1170. The summed E-state index contributed by atoms with van der Waals surface area (Å²) in [5.41, 5.74) is 2.41. The van der Waals surface area contributed by atoms with Crippen molar-refractivity contribution in [2.45, 2.75) is 18.5 Å². The minimum Gasteiger partial charge on any atom is -0.480 e. The molecular weight excluding hydrogens is 456 g/mol. The third-order valence-corrected chi connectivity index (χ3v) is 7.11. The van der Waals surface area contributed by atoms with Crippen molar-refractivity contribution in [3.8, 4) is 16.9 Å². The van der Waals surface area contributed by atoms with Gasteiger partial charge in [-0.15, -0.1) is 12.6 Å². The van der Waals surface area contributed by atoms with E-state index >= 15 is 0 Å². The Morgan fingerprint density at radius 2 is 1.94 bits per heavy atom. The second-order valence-electron chi connectivity index (χ2n) is 6.87. The first-order valence-electron chi connectivity index (χ1n) is 9.35. The minimum atomic E-state index is -1.72. The molecule has 2 heterocycles. The molecule has 1 aliphatic rings. The van der Waals surface area contributed by atoms with Crippen LogP contribution in [0.3, 0.4) is 0 Å². The number of carboxylic acids is 1. The Balaban J connectivity index is 1.78. The number of thiol groups is 1. The average Bonchev–Trinajstić information content (AvgIpc) is 3.29. The highest BCUT2D eigenvalue weighted by Crippen LogP contribution is 2.30. The van der Waals surface area contributed by atoms with Crippen molar-refractivity contribution in [2.24, 2.45) is 0 Å². The molecule has 2 aromatic carbocycles. The first kappa shape index (κ1) is 21.6. The van der Waals surface area contributed by atoms with Gasteiger partial charge in [-0.25, -0.2) is 8.89 Å². The van der Waals surface area contributed by atoms with Gasteiger partial charge in [-0.1, -0.05) is 41.9 Å². The van der Waals surface area contributed by atoms with Crippen molar-refractivity contribution in [1.82, 2.24) is 19.4 Å². The van der Waals surface area contributed by atoms with Gasteiger partial charge in [0.1, 0.15) is 33.2 Å². The van der Waals surface area contributed by atoms with Gasteiger partial charge in [0.15, 0.2) is 0 Å². The predicted octanol–water partition coefficient (Wildman–Crippen LogP) is 3.75. The molecule has 3 atom stereocenters. The Morgan fingerprint density at radius 3 is 2.58 bits per heavy atom. The van der Waals surface area contributed by atoms with Crippen LogP contribution < -0.4 is 5.32 Å². The van der Waals surface area contributed by atoms with Crippen LogP contribution in [0.1, 0.15) is 12.5 Å². The lowest BCUT2D eigenvalue weighted by Gasteiger charge is -2.20. The predicted molar refractivity (Wildman–Crippen MR) is 125 cm³/mol. The van der Waals surface area contributed by atoms with Crippen LogP contribution in [0.5, 0.6) is 0 Å². The van der Waals surface area contributed by atoms with E-state index in [2.05, 4.69) is 17.9 Å². The fourth-order valence-corrected chi connectivity index (χ4v) is 5.27. The maximum absolute atomic E-state index is 13.0. The lowest BCUT2D eigenvalue weighted by atomic mass is 10.1. The van der Waals surface area contributed by atoms with E-state index < -0.39 is 28.5 Å². The van der Waals surface area contributed by atoms with Crippen LogP contribution in [-0.2, 0) is 15.8 Å². The van der Waals surface area contributed by atoms with Crippen molar-refractivity contribution < 1.29 is 14.1 Å². The molecule has 0 spiro atoms. The zero-order valence-corrected chi connectivity index (χ0v) is 18.8. The standard InChI is InChI=1S/C21H19ClN4O3S2/c1-13(20(27)28)26-21(30)23-18(31(26)29)11-15-12-25(17-5-3-2-4-6-17)24-19(15)14-7-9-16(22)10-8-14/h2-13,21,23,30H,1H3,(H,27,28)/b18-11-. The molecule has 0 radical (unpaired) electrons. The van der Waals surface area contributed by atoms with Crippen LogP contribution in [0.4, 0.5) is 0 Å². The van der Waals surface area contributed by atoms with Crippen LogP contribution in [0.15, 0.2) is 65.8 Å². The fraction of sp³-hybridized carbons (Fsp3) is 0.143. The highest BCUT2D eigenvalue weighted by molar-refractivity contribution is 7.89. The summed E-state index contributed by atoms with van der Waals surface area (Å²) in [4.78, 5) is 11.4. The first-order chi connectivity index (χ1) is 14.8. The third-order valence-electron chi connectivity index (χ3n) is 4.80. The summed E-state index contributed by atoms with van der Waals surface area (Å²) in [6.07, 6.45) is 3.55. The van der Waals surface area contributed by atoms with E-state index in [1.807, 2.05) is 48.7 Å². The zero-order chi connectivity index (χ0) is 22.1. The van der Waals surface area contributed by atoms with Gasteiger partial charge in [0.25, 0.3) is 0 Å². The second-order valence-corrected chi connectivity index (χ2v) is 9.16. The van der Waals surface area contributed by atoms with Crippen LogP contribution in [0.2, 0.25) is 5.02 Å². The molecule has 0 bridgehead atoms. The molecule has 3 unspecified atom stereocenters. The molecule has 1 aromatic heterocycles. The molecule has 4 rings (SSSR count). The van der Waals surface area contributed by atoms with Crippen molar-refractivity contribution in [3.05, 3.63) is 76.4 Å². The number of halogens is 1. The van der Waals surface area contributed by atoms with E-state index in [9.17, 15) is 14.1 Å². The van der Waals surface area contributed by atoms with Crippen molar-refractivity contribution in [2.75, 3.05) is 0 Å². The van der Waals surface area contributed by atoms with Crippen LogP contribution in [-0.4, -0.2) is 40.9 Å². The van der Waals surface area contributed by atoms with Crippen molar-refractivity contribution >= 4 is 47.3 Å². The summed E-state index contributed by atoms with van der Waals surface area (Å²) >= 11 is 10.4. The largest absolute Gasteiger partial charge is 0.480 e. The molecule has 31 heavy (non-hydrogen) atoms. The number of rotatable bonds is 5. The van der Waals surface area contributed by atoms with Gasteiger partial charge in [0.2, 0.25) is 0 Å². The molecule has 1 fully saturated rings. The lowest BCUT2D eigenvalue weighted by Crippen LogP contribution is -2.42. The third kappa shape index (κ3) is 4.40. The maximum atomic E-state index is 13.0. The molecule has 2 N–H and O–H groups in total. The van der Waals surface area contributed by atoms with Gasteiger partial charge < -0.3 is 10.4 Å². The van der Waals surface area contributed by atoms with E-state index in [1.165, 1.54) is 11.2 Å². The molecule has 160 valence electrons. The second kappa shape index (κ2) is 8.88. The average molecular weight is 475 g/mol. The summed E-state index contributed by atoms with van der Waals surface area (Å²) in [5.74, 6) is -1.07. The highest BCUT2D eigenvalue weighted by Gasteiger charge is 2.39. The monoisotopic (exact) mass is 474 g/mol. The summed E-state index contributed by atoms with van der Waals surface area (Å²) in [6, 6.07) is 15.9. The van der Waals surface area contributed by atoms with E-state index in [0.29, 0.717) is 21.3 Å². The van der Waals surface area contributed by atoms with Gasteiger partial charge in [0, 0.05) is 22.3 Å². The minimum absolute atomic E-state index is 0.357. The summed E-state index contributed by atoms with van der Waals surface area (Å²) in [6.45, 7) is 1.47. The Hall–Kier alpha value is -2.59. The zero-order valence-electron chi connectivity index (χ0n) is 16.3. The molecule has 3 aromatic rings. The molecule has 0 aliphatic carbocycles. The number of hydrogen-bond acceptors (Lipinski definition) is 5. The normalized spacial score (nSPS) is 21.2. The maximum Gasteiger partial charge on any atom is 0.321 e. The van der Waals surface area contributed by atoms with Crippen LogP contribution in [0, 0.1) is 0 Å². The number of carbonyl (C=O) groups is 1. The molecular formula is C21H19ClN4O3S2. The van der Waals surface area contributed by atoms with Gasteiger partial charge in [-0.2, -0.15) is 9.40 Å². The van der Waals surface area contributed by atoms with Crippen LogP contribution in [0.25, 0.3) is 23.0 Å². The number of benzene rings is 2. The van der Waals surface area contributed by atoms with Crippen LogP contribution >= 0.6 is 24.2 Å². The highest BCUT2D eigenvalue weighted by atomic mass is 35.5. The Morgan fingerprint density at radius 1 is 1.26 bits per heavy atom. The van der Waals surface area contributed by atoms with Gasteiger partial charge in [-0.3, -0.25) is 4.79 Å². The number of para-hydroxylation sites is 1. The number of aliphatic carboxylic acids is 1. The summed E-state index contributed by atoms with van der Waals surface area (Å²) < 4.78 is 16.0. The Kier molecular flexibility index (Phi) is 6.19. The molecule has 0 saturated carbocycles. The van der Waals surface area contributed by atoms with Gasteiger partial charge in [-0.05, 0) is 37.3 Å². The number of nitrogens with zero attached hydrogens (tertiary/aromatic N) is 3. The molecule has 1 saturated heterocycles. The van der Waals surface area contributed by atoms with Crippen molar-refractivity contribution in [3.63, 3.8) is 0 Å². The molecule has 7 nitrogen and oxygen atoms in total. The number of hydrogen-bond donors (Lipinski definition) is 3. The number of nitrogens with one attached hydrogen (secondary N) is 1. The Labute approximate surface area is 192 Å². The summed E-state index contributed by atoms with van der Waals surface area (Å²) in [5, 5.41) is 18.0. The number of aromatic nitrogens is 2. The smallest absolute Gasteiger partial charge is 0.321 e. The van der Waals surface area contributed by atoms with E-state index in [-0.39, 0.29) is 0 Å². The summed E-state index contributed by atoms with van der Waals surface area (Å²) in [7, 11) is -1.72. The first-order valence-corrected chi connectivity index (χ1v) is 11.4. The van der Waals surface area contributed by atoms with E-state index in [0.717, 1.165) is 11.3 Å². The molecule has 1 aliphatic heterocycles. The SMILES string of the molecule is CC(C(=O)O)N1C(S)N/C(=C/c2cn(-c3ccccc3)nc2-c2ccc(Cl)cc2)S1=O.